The van der Waals surface area contributed by atoms with Gasteiger partial charge in [0.25, 0.3) is 0 Å². The summed E-state index contributed by atoms with van der Waals surface area (Å²) in [5, 5.41) is 3.30. The van der Waals surface area contributed by atoms with E-state index in [1.54, 1.807) is 11.3 Å². The highest BCUT2D eigenvalue weighted by atomic mass is 32.1. The van der Waals surface area contributed by atoms with Crippen LogP contribution in [0.2, 0.25) is 0 Å². The SMILES string of the molecule is Cc1csc(C(C)n2c(C)ccc2C)n1. The fourth-order valence-corrected chi connectivity index (χ4v) is 2.81. The van der Waals surface area contributed by atoms with Gasteiger partial charge < -0.3 is 4.57 Å². The Morgan fingerprint density at radius 3 is 2.27 bits per heavy atom. The van der Waals surface area contributed by atoms with Crippen molar-refractivity contribution in [2.24, 2.45) is 0 Å². The standard InChI is InChI=1S/C12H16N2S/c1-8-7-15-12(13-8)11(4)14-9(2)5-6-10(14)3/h5-7,11H,1-4H3. The third-order valence-corrected chi connectivity index (χ3v) is 3.84. The molecule has 2 rings (SSSR count). The number of aromatic nitrogens is 2. The van der Waals surface area contributed by atoms with Gasteiger partial charge in [0.15, 0.2) is 0 Å². The lowest BCUT2D eigenvalue weighted by Crippen LogP contribution is -2.09. The predicted molar refractivity (Wildman–Crippen MR) is 64.6 cm³/mol. The number of hydrogen-bond acceptors (Lipinski definition) is 2. The van der Waals surface area contributed by atoms with Crippen LogP contribution in [0, 0.1) is 20.8 Å². The van der Waals surface area contributed by atoms with Crippen molar-refractivity contribution in [2.75, 3.05) is 0 Å². The topological polar surface area (TPSA) is 17.8 Å². The lowest BCUT2D eigenvalue weighted by molar-refractivity contribution is 0.605. The third kappa shape index (κ3) is 1.84. The Balaban J connectivity index is 2.40. The Hall–Kier alpha value is -1.09. The molecule has 3 heteroatoms. The molecule has 0 amide bonds. The Morgan fingerprint density at radius 2 is 1.80 bits per heavy atom. The molecule has 2 aromatic heterocycles. The van der Waals surface area contributed by atoms with Crippen LogP contribution in [0.4, 0.5) is 0 Å². The molecule has 2 nitrogen and oxygen atoms in total. The zero-order valence-electron chi connectivity index (χ0n) is 9.61. The summed E-state index contributed by atoms with van der Waals surface area (Å²) in [6.07, 6.45) is 0. The molecule has 0 bridgehead atoms. The molecule has 1 atom stereocenters. The summed E-state index contributed by atoms with van der Waals surface area (Å²) in [5.41, 5.74) is 3.71. The van der Waals surface area contributed by atoms with E-state index in [0.717, 1.165) is 5.69 Å². The highest BCUT2D eigenvalue weighted by Crippen LogP contribution is 2.25. The number of hydrogen-bond donors (Lipinski definition) is 0. The summed E-state index contributed by atoms with van der Waals surface area (Å²) >= 11 is 1.74. The number of aryl methyl sites for hydroxylation is 3. The monoisotopic (exact) mass is 220 g/mol. The molecule has 15 heavy (non-hydrogen) atoms. The summed E-state index contributed by atoms with van der Waals surface area (Å²) < 4.78 is 2.33. The Labute approximate surface area is 94.6 Å². The summed E-state index contributed by atoms with van der Waals surface area (Å²) in [4.78, 5) is 4.55. The first-order valence-electron chi connectivity index (χ1n) is 5.16. The lowest BCUT2D eigenvalue weighted by atomic mass is 10.3. The lowest BCUT2D eigenvalue weighted by Gasteiger charge is -2.15. The second kappa shape index (κ2) is 3.81. The molecule has 0 aromatic carbocycles. The van der Waals surface area contributed by atoms with Crippen molar-refractivity contribution in [3.05, 3.63) is 39.6 Å². The van der Waals surface area contributed by atoms with Gasteiger partial charge in [0, 0.05) is 22.5 Å². The van der Waals surface area contributed by atoms with Crippen molar-refractivity contribution in [3.63, 3.8) is 0 Å². The molecular weight excluding hydrogens is 204 g/mol. The number of thiazole rings is 1. The number of nitrogens with zero attached hydrogens (tertiary/aromatic N) is 2. The van der Waals surface area contributed by atoms with Gasteiger partial charge in [-0.05, 0) is 39.8 Å². The van der Waals surface area contributed by atoms with E-state index in [1.165, 1.54) is 16.4 Å². The van der Waals surface area contributed by atoms with Crippen molar-refractivity contribution in [1.29, 1.82) is 0 Å². The molecule has 2 aromatic rings. The molecule has 0 aliphatic carbocycles. The Kier molecular flexibility index (Phi) is 2.65. The maximum atomic E-state index is 4.55. The highest BCUT2D eigenvalue weighted by molar-refractivity contribution is 7.09. The highest BCUT2D eigenvalue weighted by Gasteiger charge is 2.14. The molecule has 0 saturated carbocycles. The summed E-state index contributed by atoms with van der Waals surface area (Å²) in [5.74, 6) is 0. The van der Waals surface area contributed by atoms with Gasteiger partial charge >= 0.3 is 0 Å². The van der Waals surface area contributed by atoms with E-state index in [2.05, 4.69) is 47.8 Å². The molecule has 2 heterocycles. The fraction of sp³-hybridized carbons (Fsp3) is 0.417. The van der Waals surface area contributed by atoms with Crippen molar-refractivity contribution in [2.45, 2.75) is 33.7 Å². The van der Waals surface area contributed by atoms with E-state index < -0.39 is 0 Å². The molecular formula is C12H16N2S. The van der Waals surface area contributed by atoms with Gasteiger partial charge in [-0.3, -0.25) is 0 Å². The first-order valence-corrected chi connectivity index (χ1v) is 6.04. The molecule has 0 aliphatic rings. The van der Waals surface area contributed by atoms with E-state index in [9.17, 15) is 0 Å². The van der Waals surface area contributed by atoms with E-state index >= 15 is 0 Å². The van der Waals surface area contributed by atoms with Gasteiger partial charge in [-0.1, -0.05) is 0 Å². The smallest absolute Gasteiger partial charge is 0.115 e. The molecule has 0 radical (unpaired) electrons. The minimum atomic E-state index is 0.346. The van der Waals surface area contributed by atoms with Crippen LogP contribution in [0.5, 0.6) is 0 Å². The van der Waals surface area contributed by atoms with E-state index in [1.807, 2.05) is 6.92 Å². The van der Waals surface area contributed by atoms with Gasteiger partial charge in [0.1, 0.15) is 5.01 Å². The first kappa shape index (κ1) is 10.4. The quantitative estimate of drug-likeness (QED) is 0.757. The summed E-state index contributed by atoms with van der Waals surface area (Å²) in [6, 6.07) is 4.66. The van der Waals surface area contributed by atoms with Crippen molar-refractivity contribution in [3.8, 4) is 0 Å². The zero-order chi connectivity index (χ0) is 11.0. The van der Waals surface area contributed by atoms with Crippen LogP contribution in [0.15, 0.2) is 17.5 Å². The summed E-state index contributed by atoms with van der Waals surface area (Å²) in [6.45, 7) is 8.54. The molecule has 0 aliphatic heterocycles. The largest absolute Gasteiger partial charge is 0.340 e. The predicted octanol–water partition coefficient (Wildman–Crippen LogP) is 3.48. The molecule has 0 fully saturated rings. The van der Waals surface area contributed by atoms with Gasteiger partial charge in [0.2, 0.25) is 0 Å². The second-order valence-electron chi connectivity index (χ2n) is 3.99. The van der Waals surface area contributed by atoms with Gasteiger partial charge in [-0.15, -0.1) is 11.3 Å². The average Bonchev–Trinajstić information content (AvgIpc) is 2.73. The van der Waals surface area contributed by atoms with Gasteiger partial charge in [0.05, 0.1) is 6.04 Å². The molecule has 0 N–H and O–H groups in total. The van der Waals surface area contributed by atoms with E-state index in [4.69, 9.17) is 0 Å². The van der Waals surface area contributed by atoms with Crippen molar-refractivity contribution >= 4 is 11.3 Å². The normalized spacial score (nSPS) is 13.1. The van der Waals surface area contributed by atoms with Gasteiger partial charge in [-0.25, -0.2) is 4.98 Å². The van der Waals surface area contributed by atoms with E-state index in [0.29, 0.717) is 6.04 Å². The van der Waals surface area contributed by atoms with Crippen LogP contribution in [-0.4, -0.2) is 9.55 Å². The zero-order valence-corrected chi connectivity index (χ0v) is 10.4. The van der Waals surface area contributed by atoms with Crippen LogP contribution >= 0.6 is 11.3 Å². The Bertz CT molecular complexity index is 448. The molecule has 1 unspecified atom stereocenters. The minimum absolute atomic E-state index is 0.346. The average molecular weight is 220 g/mol. The van der Waals surface area contributed by atoms with Crippen molar-refractivity contribution < 1.29 is 0 Å². The molecule has 0 saturated heterocycles. The van der Waals surface area contributed by atoms with Crippen LogP contribution in [0.3, 0.4) is 0 Å². The fourth-order valence-electron chi connectivity index (χ4n) is 1.97. The van der Waals surface area contributed by atoms with E-state index in [-0.39, 0.29) is 0 Å². The maximum Gasteiger partial charge on any atom is 0.115 e. The second-order valence-corrected chi connectivity index (χ2v) is 4.88. The first-order chi connectivity index (χ1) is 7.09. The summed E-state index contributed by atoms with van der Waals surface area (Å²) in [7, 11) is 0. The van der Waals surface area contributed by atoms with Crippen LogP contribution in [-0.2, 0) is 0 Å². The van der Waals surface area contributed by atoms with Crippen LogP contribution in [0.1, 0.15) is 35.1 Å². The Morgan fingerprint density at radius 1 is 1.20 bits per heavy atom. The van der Waals surface area contributed by atoms with Gasteiger partial charge in [-0.2, -0.15) is 0 Å². The van der Waals surface area contributed by atoms with Crippen LogP contribution < -0.4 is 0 Å². The molecule has 80 valence electrons. The third-order valence-electron chi connectivity index (χ3n) is 2.71. The maximum absolute atomic E-state index is 4.55. The molecule has 0 spiro atoms. The van der Waals surface area contributed by atoms with Crippen molar-refractivity contribution in [1.82, 2.24) is 9.55 Å². The number of rotatable bonds is 2. The minimum Gasteiger partial charge on any atom is -0.340 e. The van der Waals surface area contributed by atoms with Crippen LogP contribution in [0.25, 0.3) is 0 Å².